The fourth-order valence-electron chi connectivity index (χ4n) is 1.61. The maximum atomic E-state index is 13.7. The van der Waals surface area contributed by atoms with E-state index in [4.69, 9.17) is 0 Å². The maximum Gasteiger partial charge on any atom is 0.420 e. The molecule has 0 aliphatic carbocycles. The van der Waals surface area contributed by atoms with Gasteiger partial charge in [0.25, 0.3) is 0 Å². The molecule has 1 rings (SSSR count). The summed E-state index contributed by atoms with van der Waals surface area (Å²) in [5, 5.41) is 0. The highest BCUT2D eigenvalue weighted by molar-refractivity contribution is 7.89. The van der Waals surface area contributed by atoms with E-state index < -0.39 is 38.0 Å². The van der Waals surface area contributed by atoms with E-state index in [1.54, 1.807) is 0 Å². The Bertz CT molecular complexity index is 616. The van der Waals surface area contributed by atoms with Crippen molar-refractivity contribution in [3.8, 4) is 0 Å². The summed E-state index contributed by atoms with van der Waals surface area (Å²) in [7, 11) is -4.48. The summed E-state index contributed by atoms with van der Waals surface area (Å²) in [5.41, 5.74) is -3.02. The van der Waals surface area contributed by atoms with Crippen molar-refractivity contribution in [3.63, 3.8) is 0 Å². The van der Waals surface area contributed by atoms with Gasteiger partial charge in [0, 0.05) is 5.54 Å². The van der Waals surface area contributed by atoms with Crippen molar-refractivity contribution in [3.05, 3.63) is 29.1 Å². The standard InChI is InChI=1S/C12H15F4NO2S/c1-7-5-6-8(9(10(7)13)12(14,15)16)20(18,19)17-11(2,3)4/h5-6,17H,1-4H3. The average Bonchev–Trinajstić information content (AvgIpc) is 2.15. The van der Waals surface area contributed by atoms with Crippen molar-refractivity contribution >= 4 is 10.0 Å². The summed E-state index contributed by atoms with van der Waals surface area (Å²) < 4.78 is 78.5. The fraction of sp³-hybridized carbons (Fsp3) is 0.500. The van der Waals surface area contributed by atoms with Crippen LogP contribution in [-0.4, -0.2) is 14.0 Å². The van der Waals surface area contributed by atoms with Crippen LogP contribution >= 0.6 is 0 Å². The van der Waals surface area contributed by atoms with E-state index in [1.807, 2.05) is 0 Å². The van der Waals surface area contributed by atoms with Crippen molar-refractivity contribution in [2.24, 2.45) is 0 Å². The van der Waals surface area contributed by atoms with Crippen LogP contribution in [0.3, 0.4) is 0 Å². The van der Waals surface area contributed by atoms with Crippen LogP contribution in [0.5, 0.6) is 0 Å². The topological polar surface area (TPSA) is 46.2 Å². The second-order valence-corrected chi connectivity index (χ2v) is 7.07. The monoisotopic (exact) mass is 313 g/mol. The molecule has 20 heavy (non-hydrogen) atoms. The summed E-state index contributed by atoms with van der Waals surface area (Å²) in [6.45, 7) is 5.56. The molecular weight excluding hydrogens is 298 g/mol. The van der Waals surface area contributed by atoms with E-state index in [0.717, 1.165) is 19.1 Å². The Morgan fingerprint density at radius 1 is 1.10 bits per heavy atom. The third kappa shape index (κ3) is 3.69. The minimum absolute atomic E-state index is 0.271. The summed E-state index contributed by atoms with van der Waals surface area (Å²) in [6.07, 6.45) is -5.10. The Hall–Kier alpha value is -1.15. The Balaban J connectivity index is 3.59. The lowest BCUT2D eigenvalue weighted by Crippen LogP contribution is -2.41. The van der Waals surface area contributed by atoms with Crippen molar-refractivity contribution in [1.29, 1.82) is 0 Å². The Labute approximate surface area is 115 Å². The molecule has 1 aromatic rings. The van der Waals surface area contributed by atoms with E-state index in [1.165, 1.54) is 20.8 Å². The highest BCUT2D eigenvalue weighted by Gasteiger charge is 2.41. The highest BCUT2D eigenvalue weighted by Crippen LogP contribution is 2.37. The second kappa shape index (κ2) is 5.00. The van der Waals surface area contributed by atoms with Gasteiger partial charge in [-0.2, -0.15) is 13.2 Å². The number of hydrogen-bond donors (Lipinski definition) is 1. The van der Waals surface area contributed by atoms with Crippen molar-refractivity contribution < 1.29 is 26.0 Å². The maximum absolute atomic E-state index is 13.7. The van der Waals surface area contributed by atoms with Gasteiger partial charge in [-0.25, -0.2) is 17.5 Å². The summed E-state index contributed by atoms with van der Waals surface area (Å²) in [6, 6.07) is 1.76. The molecule has 0 aliphatic rings. The molecule has 0 aromatic heterocycles. The second-order valence-electron chi connectivity index (χ2n) is 5.42. The van der Waals surface area contributed by atoms with Crippen LogP contribution in [0.25, 0.3) is 0 Å². The lowest BCUT2D eigenvalue weighted by molar-refractivity contribution is -0.142. The van der Waals surface area contributed by atoms with Crippen LogP contribution in [0.15, 0.2) is 17.0 Å². The van der Waals surface area contributed by atoms with Crippen LogP contribution in [0.4, 0.5) is 17.6 Å². The highest BCUT2D eigenvalue weighted by atomic mass is 32.2. The molecule has 0 saturated carbocycles. The Kier molecular flexibility index (Phi) is 4.22. The minimum atomic E-state index is -5.10. The predicted octanol–water partition coefficient (Wildman–Crippen LogP) is 3.23. The molecule has 8 heteroatoms. The molecule has 3 nitrogen and oxygen atoms in total. The first-order valence-electron chi connectivity index (χ1n) is 5.66. The van der Waals surface area contributed by atoms with Crippen LogP contribution in [-0.2, 0) is 16.2 Å². The first kappa shape index (κ1) is 16.9. The lowest BCUT2D eigenvalue weighted by Gasteiger charge is -2.22. The number of nitrogens with one attached hydrogen (secondary N) is 1. The van der Waals surface area contributed by atoms with Crippen LogP contribution < -0.4 is 4.72 Å². The predicted molar refractivity (Wildman–Crippen MR) is 66.2 cm³/mol. The molecule has 0 radical (unpaired) electrons. The van der Waals surface area contributed by atoms with Gasteiger partial charge in [-0.1, -0.05) is 6.07 Å². The molecule has 1 N–H and O–H groups in total. The van der Waals surface area contributed by atoms with Gasteiger partial charge in [-0.15, -0.1) is 0 Å². The molecule has 0 atom stereocenters. The van der Waals surface area contributed by atoms with Gasteiger partial charge in [0.2, 0.25) is 10.0 Å². The smallest absolute Gasteiger partial charge is 0.207 e. The molecule has 0 spiro atoms. The molecule has 0 unspecified atom stereocenters. The average molecular weight is 313 g/mol. The van der Waals surface area contributed by atoms with Crippen LogP contribution in [0, 0.1) is 12.7 Å². The number of sulfonamides is 1. The zero-order valence-electron chi connectivity index (χ0n) is 11.4. The number of hydrogen-bond acceptors (Lipinski definition) is 2. The zero-order chi connectivity index (χ0) is 15.9. The van der Waals surface area contributed by atoms with E-state index in [2.05, 4.69) is 4.72 Å². The molecule has 0 bridgehead atoms. The van der Waals surface area contributed by atoms with E-state index >= 15 is 0 Å². The van der Waals surface area contributed by atoms with Gasteiger partial charge in [0.15, 0.2) is 0 Å². The summed E-state index contributed by atoms with van der Waals surface area (Å²) >= 11 is 0. The van der Waals surface area contributed by atoms with E-state index in [9.17, 15) is 26.0 Å². The van der Waals surface area contributed by atoms with Crippen LogP contribution in [0.2, 0.25) is 0 Å². The van der Waals surface area contributed by atoms with Gasteiger partial charge in [0.1, 0.15) is 11.4 Å². The van der Waals surface area contributed by atoms with Gasteiger partial charge in [0.05, 0.1) is 4.90 Å². The molecule has 0 saturated heterocycles. The molecule has 0 heterocycles. The van der Waals surface area contributed by atoms with Crippen molar-refractivity contribution in [1.82, 2.24) is 4.72 Å². The minimum Gasteiger partial charge on any atom is -0.207 e. The van der Waals surface area contributed by atoms with Gasteiger partial charge >= 0.3 is 6.18 Å². The number of benzene rings is 1. The molecule has 0 aliphatic heterocycles. The third-order valence-electron chi connectivity index (χ3n) is 2.31. The lowest BCUT2D eigenvalue weighted by atomic mass is 10.1. The quantitative estimate of drug-likeness (QED) is 0.852. The van der Waals surface area contributed by atoms with Gasteiger partial charge in [-0.3, -0.25) is 0 Å². The molecule has 0 fully saturated rings. The Morgan fingerprint density at radius 2 is 1.60 bits per heavy atom. The number of rotatable bonds is 2. The zero-order valence-corrected chi connectivity index (χ0v) is 12.2. The molecular formula is C12H15F4NO2S. The molecule has 0 amide bonds. The molecule has 1 aromatic carbocycles. The first-order chi connectivity index (χ1) is 8.76. The van der Waals surface area contributed by atoms with Gasteiger partial charge < -0.3 is 0 Å². The Morgan fingerprint density at radius 3 is 2.00 bits per heavy atom. The van der Waals surface area contributed by atoms with Crippen molar-refractivity contribution in [2.45, 2.75) is 44.3 Å². The van der Waals surface area contributed by atoms with Crippen molar-refractivity contribution in [2.75, 3.05) is 0 Å². The first-order valence-corrected chi connectivity index (χ1v) is 7.14. The van der Waals surface area contributed by atoms with Gasteiger partial charge in [-0.05, 0) is 39.3 Å². The summed E-state index contributed by atoms with van der Waals surface area (Å²) in [5.74, 6) is -1.57. The summed E-state index contributed by atoms with van der Waals surface area (Å²) in [4.78, 5) is -1.11. The van der Waals surface area contributed by atoms with E-state index in [0.29, 0.717) is 0 Å². The van der Waals surface area contributed by atoms with Crippen LogP contribution in [0.1, 0.15) is 31.9 Å². The SMILES string of the molecule is Cc1ccc(S(=O)(=O)NC(C)(C)C)c(C(F)(F)F)c1F. The third-order valence-corrected chi connectivity index (χ3v) is 4.11. The molecule has 114 valence electrons. The fourth-order valence-corrected chi connectivity index (χ4v) is 3.25. The van der Waals surface area contributed by atoms with E-state index in [-0.39, 0.29) is 5.56 Å². The normalized spacial score (nSPS) is 13.6. The number of halogens is 4. The number of alkyl halides is 3. The largest absolute Gasteiger partial charge is 0.420 e. The number of aryl methyl sites for hydroxylation is 1.